The average Bonchev–Trinajstić information content (AvgIpc) is 2.78. The summed E-state index contributed by atoms with van der Waals surface area (Å²) in [7, 11) is -1.52. The number of amides is 1. The van der Waals surface area contributed by atoms with E-state index < -0.39 is 15.4 Å². The fraction of sp³-hybridized carbons (Fsp3) is 0.480. The minimum absolute atomic E-state index is 0.0678. The molecule has 1 fully saturated rings. The number of hydrogen-bond donors (Lipinski definition) is 1. The number of sulfonamides is 1. The highest BCUT2D eigenvalue weighted by Gasteiger charge is 2.38. The molecule has 0 aliphatic carbocycles. The molecule has 1 amide bonds. The number of carbonyl (C=O) groups excluding carboxylic acids is 1. The quantitative estimate of drug-likeness (QED) is 0.507. The Morgan fingerprint density at radius 3 is 2.46 bits per heavy atom. The van der Waals surface area contributed by atoms with Gasteiger partial charge >= 0.3 is 0 Å². The van der Waals surface area contributed by atoms with Gasteiger partial charge in [-0.15, -0.1) is 0 Å². The summed E-state index contributed by atoms with van der Waals surface area (Å²) in [6.45, 7) is 4.29. The lowest BCUT2D eigenvalue weighted by Crippen LogP contribution is -2.48. The van der Waals surface area contributed by atoms with E-state index in [0.717, 1.165) is 18.7 Å². The van der Waals surface area contributed by atoms with Crippen molar-refractivity contribution in [3.05, 3.63) is 69.5 Å². The van der Waals surface area contributed by atoms with Crippen LogP contribution in [0, 0.1) is 5.82 Å². The van der Waals surface area contributed by atoms with Gasteiger partial charge in [-0.05, 0) is 81.2 Å². The van der Waals surface area contributed by atoms with E-state index >= 15 is 0 Å². The molecule has 0 radical (unpaired) electrons. The fourth-order valence-corrected chi connectivity index (χ4v) is 5.71. The Hall–Kier alpha value is -1.71. The Morgan fingerprint density at radius 2 is 1.86 bits per heavy atom. The van der Waals surface area contributed by atoms with Crippen LogP contribution >= 0.6 is 23.2 Å². The molecular formula is C25H32Cl2FN3O3S. The van der Waals surface area contributed by atoms with E-state index in [9.17, 15) is 17.6 Å². The summed E-state index contributed by atoms with van der Waals surface area (Å²) in [5.41, 5.74) is 0.576. The fourth-order valence-electron chi connectivity index (χ4n) is 4.58. The zero-order valence-corrected chi connectivity index (χ0v) is 22.6. The van der Waals surface area contributed by atoms with Gasteiger partial charge in [-0.3, -0.25) is 4.79 Å². The maximum Gasteiger partial charge on any atom is 0.233 e. The molecule has 1 unspecified atom stereocenters. The summed E-state index contributed by atoms with van der Waals surface area (Å²) in [5, 5.41) is 0.794. The summed E-state index contributed by atoms with van der Waals surface area (Å²) in [6.07, 6.45) is 3.13. The lowest BCUT2D eigenvalue weighted by molar-refractivity contribution is -0.136. The summed E-state index contributed by atoms with van der Waals surface area (Å²) < 4.78 is 39.4. The van der Waals surface area contributed by atoms with E-state index in [1.807, 2.05) is 13.0 Å². The number of nitrogens with one attached hydrogen (secondary N) is 1. The van der Waals surface area contributed by atoms with E-state index in [2.05, 4.69) is 9.62 Å². The van der Waals surface area contributed by atoms with E-state index in [-0.39, 0.29) is 24.3 Å². The summed E-state index contributed by atoms with van der Waals surface area (Å²) >= 11 is 12.4. The van der Waals surface area contributed by atoms with Crippen LogP contribution in [0.2, 0.25) is 10.0 Å². The molecule has 0 bridgehead atoms. The van der Waals surface area contributed by atoms with Gasteiger partial charge in [0.15, 0.2) is 0 Å². The monoisotopic (exact) mass is 543 g/mol. The smallest absolute Gasteiger partial charge is 0.233 e. The van der Waals surface area contributed by atoms with Gasteiger partial charge in [0.2, 0.25) is 15.9 Å². The average molecular weight is 545 g/mol. The first-order chi connectivity index (χ1) is 16.4. The number of piperidine rings is 1. The second-order valence-electron chi connectivity index (χ2n) is 9.51. The van der Waals surface area contributed by atoms with Gasteiger partial charge in [0, 0.05) is 19.6 Å². The SMILES string of the molecule is CN(Cc1cccc(F)c1)C(=O)C(C)(CCN1CCC(NS(C)(=O)=O)CC1)c1ccc(Cl)c(Cl)c1. The molecule has 3 rings (SSSR count). The first-order valence-corrected chi connectivity index (χ1v) is 14.2. The molecule has 2 aromatic rings. The number of halogens is 3. The summed E-state index contributed by atoms with van der Waals surface area (Å²) in [4.78, 5) is 17.7. The normalized spacial score (nSPS) is 17.2. The highest BCUT2D eigenvalue weighted by molar-refractivity contribution is 7.88. The van der Waals surface area contributed by atoms with Crippen molar-refractivity contribution in [2.24, 2.45) is 0 Å². The first-order valence-electron chi connectivity index (χ1n) is 11.5. The Balaban J connectivity index is 1.76. The molecule has 0 spiro atoms. The molecule has 1 saturated heterocycles. The van der Waals surface area contributed by atoms with Gasteiger partial charge in [0.25, 0.3) is 0 Å². The molecule has 1 heterocycles. The molecule has 192 valence electrons. The third-order valence-electron chi connectivity index (χ3n) is 6.58. The topological polar surface area (TPSA) is 69.7 Å². The van der Waals surface area contributed by atoms with E-state index in [1.165, 1.54) is 18.4 Å². The lowest BCUT2D eigenvalue weighted by Gasteiger charge is -2.37. The van der Waals surface area contributed by atoms with Crippen molar-refractivity contribution in [2.45, 2.75) is 44.2 Å². The van der Waals surface area contributed by atoms with Gasteiger partial charge in [-0.1, -0.05) is 41.4 Å². The van der Waals surface area contributed by atoms with E-state index in [4.69, 9.17) is 23.2 Å². The van der Waals surface area contributed by atoms with Gasteiger partial charge in [-0.2, -0.15) is 0 Å². The Bertz CT molecular complexity index is 1160. The third kappa shape index (κ3) is 7.64. The molecule has 1 atom stereocenters. The van der Waals surface area contributed by atoms with Gasteiger partial charge in [0.1, 0.15) is 5.82 Å². The number of nitrogens with zero attached hydrogens (tertiary/aromatic N) is 2. The molecule has 10 heteroatoms. The van der Waals surface area contributed by atoms with Crippen LogP contribution in [0.5, 0.6) is 0 Å². The number of benzene rings is 2. The summed E-state index contributed by atoms with van der Waals surface area (Å²) in [6, 6.07) is 11.4. The van der Waals surface area contributed by atoms with Crippen LogP contribution in [0.4, 0.5) is 4.39 Å². The molecule has 1 N–H and O–H groups in total. The van der Waals surface area contributed by atoms with E-state index in [1.54, 1.807) is 36.2 Å². The van der Waals surface area contributed by atoms with Gasteiger partial charge in [0.05, 0.1) is 21.7 Å². The maximum atomic E-state index is 13.8. The van der Waals surface area contributed by atoms with Crippen LogP contribution in [-0.2, 0) is 26.8 Å². The molecule has 0 aromatic heterocycles. The van der Waals surface area contributed by atoms with Crippen molar-refractivity contribution in [1.29, 1.82) is 0 Å². The van der Waals surface area contributed by atoms with Crippen LogP contribution in [0.1, 0.15) is 37.3 Å². The van der Waals surface area contributed by atoms with Crippen LogP contribution in [0.3, 0.4) is 0 Å². The van der Waals surface area contributed by atoms with Crippen molar-refractivity contribution in [3.63, 3.8) is 0 Å². The van der Waals surface area contributed by atoms with Crippen molar-refractivity contribution in [1.82, 2.24) is 14.5 Å². The molecular weight excluding hydrogens is 512 g/mol. The number of hydrogen-bond acceptors (Lipinski definition) is 4. The number of rotatable bonds is 9. The first kappa shape index (κ1) is 27.9. The van der Waals surface area contributed by atoms with Crippen LogP contribution < -0.4 is 4.72 Å². The Labute approximate surface area is 217 Å². The second-order valence-corrected chi connectivity index (χ2v) is 12.1. The number of carbonyl (C=O) groups is 1. The standard InChI is InChI=1S/C25H32Cl2FN3O3S/c1-25(19-7-8-22(26)23(27)16-19,24(32)30(2)17-18-5-4-6-20(28)15-18)11-14-31-12-9-21(10-13-31)29-35(3,33)34/h4-8,15-16,21,29H,9-14,17H2,1-3H3. The minimum atomic E-state index is -3.24. The van der Waals surface area contributed by atoms with Crippen molar-refractivity contribution >= 4 is 39.1 Å². The van der Waals surface area contributed by atoms with Crippen molar-refractivity contribution in [3.8, 4) is 0 Å². The van der Waals surface area contributed by atoms with Crippen LogP contribution in [0.25, 0.3) is 0 Å². The molecule has 1 aliphatic rings. The van der Waals surface area contributed by atoms with Gasteiger partial charge < -0.3 is 9.80 Å². The van der Waals surface area contributed by atoms with Crippen molar-refractivity contribution in [2.75, 3.05) is 32.9 Å². The number of likely N-dealkylation sites (tertiary alicyclic amines) is 1. The zero-order valence-electron chi connectivity index (χ0n) is 20.2. The molecule has 1 aliphatic heterocycles. The van der Waals surface area contributed by atoms with Crippen LogP contribution in [-0.4, -0.2) is 63.1 Å². The lowest BCUT2D eigenvalue weighted by atomic mass is 9.77. The molecule has 35 heavy (non-hydrogen) atoms. The second kappa shape index (κ2) is 11.6. The van der Waals surface area contributed by atoms with Crippen LogP contribution in [0.15, 0.2) is 42.5 Å². The maximum absolute atomic E-state index is 13.8. The molecule has 6 nitrogen and oxygen atoms in total. The Morgan fingerprint density at radius 1 is 1.17 bits per heavy atom. The van der Waals surface area contributed by atoms with E-state index in [0.29, 0.717) is 41.4 Å². The third-order valence-corrected chi connectivity index (χ3v) is 8.08. The molecule has 0 saturated carbocycles. The molecule has 2 aromatic carbocycles. The predicted molar refractivity (Wildman–Crippen MR) is 139 cm³/mol. The highest BCUT2D eigenvalue weighted by atomic mass is 35.5. The van der Waals surface area contributed by atoms with Crippen molar-refractivity contribution < 1.29 is 17.6 Å². The highest BCUT2D eigenvalue weighted by Crippen LogP contribution is 2.35. The zero-order chi connectivity index (χ0) is 25.8. The van der Waals surface area contributed by atoms with Gasteiger partial charge in [-0.25, -0.2) is 17.5 Å². The largest absolute Gasteiger partial charge is 0.341 e. The minimum Gasteiger partial charge on any atom is -0.341 e. The Kier molecular flexibility index (Phi) is 9.21. The predicted octanol–water partition coefficient (Wildman–Crippen LogP) is 4.45. The summed E-state index contributed by atoms with van der Waals surface area (Å²) in [5.74, 6) is -0.446. The number of likely N-dealkylation sites (N-methyl/N-ethyl adjacent to an activating group) is 1.